The first kappa shape index (κ1) is 22.5. The maximum Gasteiger partial charge on any atom is 0.162 e. The number of carbonyl (C=O) groups excluding carboxylic acids is 1. The summed E-state index contributed by atoms with van der Waals surface area (Å²) in [4.78, 5) is 21.5. The first-order valence-electron chi connectivity index (χ1n) is 11.1. The molecule has 0 amide bonds. The highest BCUT2D eigenvalue weighted by atomic mass is 16.1. The summed E-state index contributed by atoms with van der Waals surface area (Å²) >= 11 is 0. The molecular weight excluding hydrogens is 408 g/mol. The third-order valence-electron chi connectivity index (χ3n) is 5.87. The number of fused-ring (bicyclic) bond motifs is 1. The second kappa shape index (κ2) is 8.66. The van der Waals surface area contributed by atoms with Crippen molar-refractivity contribution >= 4 is 22.4 Å². The highest BCUT2D eigenvalue weighted by Gasteiger charge is 2.18. The molecule has 0 bridgehead atoms. The molecule has 0 spiro atoms. The molecule has 0 saturated heterocycles. The van der Waals surface area contributed by atoms with Crippen LogP contribution in [0.3, 0.4) is 0 Å². The van der Waals surface area contributed by atoms with Gasteiger partial charge in [-0.05, 0) is 48.6 Å². The summed E-state index contributed by atoms with van der Waals surface area (Å²) in [6, 6.07) is 16.6. The van der Waals surface area contributed by atoms with Crippen LogP contribution in [0.25, 0.3) is 27.7 Å². The number of benzene rings is 1. The highest BCUT2D eigenvalue weighted by molar-refractivity contribution is 6.20. The number of nitrogens with two attached hydrogens (primary N) is 1. The van der Waals surface area contributed by atoms with Crippen molar-refractivity contribution in [2.45, 2.75) is 46.6 Å². The van der Waals surface area contributed by atoms with Crippen LogP contribution < -0.4 is 5.73 Å². The SMILES string of the molecule is CC(=O)C(=C(C)N)c1cnc2c(-c3ccc(C(C)(C)C)cc3)cn(Cc3ccccn3)c2c1. The smallest absolute Gasteiger partial charge is 0.162 e. The third-order valence-corrected chi connectivity index (χ3v) is 5.87. The molecular formula is C28H30N4O. The number of hydrogen-bond acceptors (Lipinski definition) is 4. The number of nitrogens with zero attached hydrogens (tertiary/aromatic N) is 3. The molecule has 0 unspecified atom stereocenters. The molecule has 0 radical (unpaired) electrons. The molecule has 0 atom stereocenters. The molecule has 33 heavy (non-hydrogen) atoms. The summed E-state index contributed by atoms with van der Waals surface area (Å²) in [6.07, 6.45) is 5.66. The minimum Gasteiger partial charge on any atom is -0.402 e. The Morgan fingerprint density at radius 2 is 1.76 bits per heavy atom. The van der Waals surface area contributed by atoms with Gasteiger partial charge in [0.05, 0.1) is 23.3 Å². The zero-order valence-corrected chi connectivity index (χ0v) is 19.9. The Kier molecular flexibility index (Phi) is 5.90. The molecule has 0 aliphatic heterocycles. The van der Waals surface area contributed by atoms with Crippen molar-refractivity contribution in [3.8, 4) is 11.1 Å². The summed E-state index contributed by atoms with van der Waals surface area (Å²) in [5, 5.41) is 0. The minimum absolute atomic E-state index is 0.0722. The number of rotatable bonds is 5. The summed E-state index contributed by atoms with van der Waals surface area (Å²) in [5.74, 6) is -0.0722. The number of allylic oxidation sites excluding steroid dienone is 2. The van der Waals surface area contributed by atoms with Crippen LogP contribution in [0.15, 0.2) is 72.8 Å². The molecule has 3 aromatic heterocycles. The highest BCUT2D eigenvalue weighted by Crippen LogP contribution is 2.33. The first-order chi connectivity index (χ1) is 15.6. The van der Waals surface area contributed by atoms with E-state index in [1.807, 2.05) is 24.3 Å². The van der Waals surface area contributed by atoms with E-state index in [0.29, 0.717) is 17.8 Å². The topological polar surface area (TPSA) is 73.8 Å². The number of aromatic nitrogens is 3. The van der Waals surface area contributed by atoms with Crippen LogP contribution in [0.5, 0.6) is 0 Å². The van der Waals surface area contributed by atoms with Gasteiger partial charge in [-0.3, -0.25) is 14.8 Å². The van der Waals surface area contributed by atoms with Crippen molar-refractivity contribution in [2.24, 2.45) is 5.73 Å². The number of pyridine rings is 2. The summed E-state index contributed by atoms with van der Waals surface area (Å²) < 4.78 is 2.14. The molecule has 4 rings (SSSR count). The molecule has 5 nitrogen and oxygen atoms in total. The van der Waals surface area contributed by atoms with Crippen LogP contribution in [-0.2, 0) is 16.8 Å². The predicted octanol–water partition coefficient (Wildman–Crippen LogP) is 5.72. The van der Waals surface area contributed by atoms with Crippen LogP contribution in [0.1, 0.15) is 51.4 Å². The molecule has 1 aromatic carbocycles. The van der Waals surface area contributed by atoms with Crippen molar-refractivity contribution in [1.82, 2.24) is 14.5 Å². The van der Waals surface area contributed by atoms with Gasteiger partial charge in [-0.15, -0.1) is 0 Å². The number of ketones is 1. The van der Waals surface area contributed by atoms with Crippen molar-refractivity contribution in [3.63, 3.8) is 0 Å². The maximum absolute atomic E-state index is 12.3. The Hall–Kier alpha value is -3.73. The molecule has 2 N–H and O–H groups in total. The monoisotopic (exact) mass is 438 g/mol. The van der Waals surface area contributed by atoms with Crippen molar-refractivity contribution in [3.05, 3.63) is 89.6 Å². The van der Waals surface area contributed by atoms with Gasteiger partial charge in [-0.25, -0.2) is 0 Å². The van der Waals surface area contributed by atoms with Crippen molar-refractivity contribution in [1.29, 1.82) is 0 Å². The lowest BCUT2D eigenvalue weighted by atomic mass is 9.86. The molecule has 5 heteroatoms. The molecule has 0 fully saturated rings. The normalized spacial score (nSPS) is 12.6. The van der Waals surface area contributed by atoms with Gasteiger partial charge in [0.2, 0.25) is 0 Å². The van der Waals surface area contributed by atoms with Gasteiger partial charge in [-0.1, -0.05) is 51.1 Å². The van der Waals surface area contributed by atoms with Crippen LogP contribution in [-0.4, -0.2) is 20.3 Å². The van der Waals surface area contributed by atoms with Gasteiger partial charge in [-0.2, -0.15) is 0 Å². The Bertz CT molecular complexity index is 1340. The average molecular weight is 439 g/mol. The molecule has 3 heterocycles. The van der Waals surface area contributed by atoms with E-state index in [1.54, 1.807) is 19.3 Å². The van der Waals surface area contributed by atoms with Gasteiger partial charge < -0.3 is 10.3 Å². The van der Waals surface area contributed by atoms with E-state index in [1.165, 1.54) is 12.5 Å². The largest absolute Gasteiger partial charge is 0.402 e. The summed E-state index contributed by atoms with van der Waals surface area (Å²) in [6.45, 7) is 10.5. The fourth-order valence-electron chi connectivity index (χ4n) is 4.17. The second-order valence-corrected chi connectivity index (χ2v) is 9.53. The van der Waals surface area contributed by atoms with Crippen LogP contribution >= 0.6 is 0 Å². The van der Waals surface area contributed by atoms with Gasteiger partial charge in [0.1, 0.15) is 0 Å². The van der Waals surface area contributed by atoms with Crippen LogP contribution in [0.2, 0.25) is 0 Å². The fraction of sp³-hybridized carbons (Fsp3) is 0.250. The van der Waals surface area contributed by atoms with E-state index in [-0.39, 0.29) is 11.2 Å². The number of hydrogen-bond donors (Lipinski definition) is 1. The lowest BCUT2D eigenvalue weighted by Crippen LogP contribution is -2.10. The molecule has 4 aromatic rings. The summed E-state index contributed by atoms with van der Waals surface area (Å²) in [7, 11) is 0. The number of carbonyl (C=O) groups is 1. The van der Waals surface area contributed by atoms with E-state index in [9.17, 15) is 4.79 Å². The fourth-order valence-corrected chi connectivity index (χ4v) is 4.17. The standard InChI is InChI=1S/C28H30N4O/c1-18(29)26(19(2)33)21-14-25-27(31-15-21)24(17-32(25)16-23-8-6-7-13-30-23)20-9-11-22(12-10-20)28(3,4)5/h6-15,17H,16,29H2,1-5H3. The van der Waals surface area contributed by atoms with Gasteiger partial charge in [0, 0.05) is 41.0 Å². The zero-order chi connectivity index (χ0) is 23.8. The van der Waals surface area contributed by atoms with Gasteiger partial charge in [0.15, 0.2) is 5.78 Å². The van der Waals surface area contributed by atoms with E-state index >= 15 is 0 Å². The second-order valence-electron chi connectivity index (χ2n) is 9.53. The van der Waals surface area contributed by atoms with Crippen LogP contribution in [0.4, 0.5) is 0 Å². The lowest BCUT2D eigenvalue weighted by molar-refractivity contribution is -0.111. The van der Waals surface area contributed by atoms with E-state index in [0.717, 1.165) is 33.4 Å². The third kappa shape index (κ3) is 4.58. The first-order valence-corrected chi connectivity index (χ1v) is 11.1. The molecule has 0 saturated carbocycles. The average Bonchev–Trinajstić information content (AvgIpc) is 3.11. The minimum atomic E-state index is -0.0722. The molecule has 0 aliphatic rings. The number of Topliss-reactive ketones (excluding diaryl/α,β-unsaturated/α-hetero) is 1. The van der Waals surface area contributed by atoms with Gasteiger partial charge in [0.25, 0.3) is 0 Å². The Balaban J connectivity index is 1.89. The van der Waals surface area contributed by atoms with Crippen LogP contribution in [0, 0.1) is 0 Å². The van der Waals surface area contributed by atoms with Crippen molar-refractivity contribution < 1.29 is 4.79 Å². The van der Waals surface area contributed by atoms with E-state index in [4.69, 9.17) is 10.7 Å². The quantitative estimate of drug-likeness (QED) is 0.404. The van der Waals surface area contributed by atoms with E-state index < -0.39 is 0 Å². The maximum atomic E-state index is 12.3. The molecule has 0 aliphatic carbocycles. The lowest BCUT2D eigenvalue weighted by Gasteiger charge is -2.19. The molecule has 168 valence electrons. The van der Waals surface area contributed by atoms with Gasteiger partial charge >= 0.3 is 0 Å². The van der Waals surface area contributed by atoms with E-state index in [2.05, 4.69) is 60.8 Å². The zero-order valence-electron chi connectivity index (χ0n) is 19.9. The Morgan fingerprint density at radius 1 is 1.03 bits per heavy atom. The van der Waals surface area contributed by atoms with Crippen molar-refractivity contribution in [2.75, 3.05) is 0 Å². The predicted molar refractivity (Wildman–Crippen MR) is 135 cm³/mol. The Labute approximate surface area is 195 Å². The summed E-state index contributed by atoms with van der Waals surface area (Å²) in [5.41, 5.74) is 14.1. The Morgan fingerprint density at radius 3 is 2.33 bits per heavy atom.